The molecule has 0 aliphatic carbocycles. The van der Waals surface area contributed by atoms with Gasteiger partial charge in [0.15, 0.2) is 0 Å². The third-order valence-electron chi connectivity index (χ3n) is 2.72. The minimum Gasteiger partial charge on any atom is -0.389 e. The Labute approximate surface area is 126 Å². The van der Waals surface area contributed by atoms with Crippen LogP contribution in [0.3, 0.4) is 0 Å². The highest BCUT2D eigenvalue weighted by Gasteiger charge is 2.14. The minimum absolute atomic E-state index is 0.180. The first-order valence-corrected chi connectivity index (χ1v) is 8.46. The van der Waals surface area contributed by atoms with Crippen molar-refractivity contribution in [3.05, 3.63) is 45.9 Å². The Morgan fingerprint density at radius 1 is 1.40 bits per heavy atom. The molecule has 8 heteroatoms. The van der Waals surface area contributed by atoms with Crippen molar-refractivity contribution in [2.24, 2.45) is 5.73 Å². The van der Waals surface area contributed by atoms with Crippen LogP contribution >= 0.6 is 23.6 Å². The summed E-state index contributed by atoms with van der Waals surface area (Å²) >= 11 is 6.25. The Balaban J connectivity index is 2.14. The average Bonchev–Trinajstić information content (AvgIpc) is 2.82. The number of hydrogen-bond donors (Lipinski definition) is 2. The number of benzene rings is 1. The van der Waals surface area contributed by atoms with Gasteiger partial charge in [-0.25, -0.2) is 18.1 Å². The fraction of sp³-hybridized carbons (Fsp3) is 0.167. The summed E-state index contributed by atoms with van der Waals surface area (Å²) in [6.45, 7) is 2.08. The highest BCUT2D eigenvalue weighted by molar-refractivity contribution is 7.89. The van der Waals surface area contributed by atoms with Gasteiger partial charge in [-0.05, 0) is 19.1 Å². The molecule has 3 N–H and O–H groups in total. The summed E-state index contributed by atoms with van der Waals surface area (Å²) in [5.74, 6) is 0. The Morgan fingerprint density at radius 3 is 2.55 bits per heavy atom. The molecular formula is C12H13N3O2S3. The van der Waals surface area contributed by atoms with Crippen LogP contribution in [0.2, 0.25) is 0 Å². The second kappa shape index (κ2) is 5.96. The third-order valence-corrected chi connectivity index (χ3v) is 5.30. The summed E-state index contributed by atoms with van der Waals surface area (Å²) in [6, 6.07) is 6.15. The molecule has 0 amide bonds. The van der Waals surface area contributed by atoms with Gasteiger partial charge in [0.25, 0.3) is 0 Å². The molecule has 2 aromatic rings. The Bertz CT molecular complexity index is 721. The first kappa shape index (κ1) is 15.0. The molecule has 0 radical (unpaired) electrons. The van der Waals surface area contributed by atoms with Crippen LogP contribution in [0.1, 0.15) is 16.1 Å². The first-order chi connectivity index (χ1) is 9.40. The standard InChI is InChI=1S/C12H13N3O2S3/c1-8-11(19-7-14-8)6-15-20(16,17)10-4-2-9(3-5-10)12(13)18/h2-5,7,15H,6H2,1H3,(H2,13,18). The number of thiazole rings is 1. The lowest BCUT2D eigenvalue weighted by Gasteiger charge is -2.07. The van der Waals surface area contributed by atoms with Crippen LogP contribution < -0.4 is 10.5 Å². The molecule has 0 aliphatic rings. The number of sulfonamides is 1. The van der Waals surface area contributed by atoms with Crippen LogP contribution in [0.25, 0.3) is 0 Å². The lowest BCUT2D eigenvalue weighted by atomic mass is 10.2. The van der Waals surface area contributed by atoms with Gasteiger partial charge in [-0.3, -0.25) is 0 Å². The molecule has 0 fully saturated rings. The number of rotatable bonds is 5. The number of thiocarbonyl (C=S) groups is 1. The number of aromatic nitrogens is 1. The van der Waals surface area contributed by atoms with E-state index >= 15 is 0 Å². The van der Waals surface area contributed by atoms with Crippen molar-refractivity contribution in [3.63, 3.8) is 0 Å². The molecular weight excluding hydrogens is 314 g/mol. The van der Waals surface area contributed by atoms with E-state index in [2.05, 4.69) is 9.71 Å². The summed E-state index contributed by atoms with van der Waals surface area (Å²) in [6.07, 6.45) is 0. The number of hydrogen-bond acceptors (Lipinski definition) is 5. The Morgan fingerprint density at radius 2 is 2.05 bits per heavy atom. The third kappa shape index (κ3) is 3.40. The molecule has 1 heterocycles. The van der Waals surface area contributed by atoms with E-state index in [-0.39, 0.29) is 16.4 Å². The van der Waals surface area contributed by atoms with Gasteiger partial charge in [-0.15, -0.1) is 11.3 Å². The Kier molecular flexibility index (Phi) is 4.48. The van der Waals surface area contributed by atoms with Crippen molar-refractivity contribution in [2.45, 2.75) is 18.4 Å². The predicted molar refractivity (Wildman–Crippen MR) is 83.2 cm³/mol. The zero-order valence-electron chi connectivity index (χ0n) is 10.7. The number of nitrogens with two attached hydrogens (primary N) is 1. The topological polar surface area (TPSA) is 85.1 Å². The fourth-order valence-corrected chi connectivity index (χ4v) is 3.48. The van der Waals surface area contributed by atoms with Crippen LogP contribution in [0.4, 0.5) is 0 Å². The van der Waals surface area contributed by atoms with E-state index < -0.39 is 10.0 Å². The highest BCUT2D eigenvalue weighted by atomic mass is 32.2. The zero-order valence-corrected chi connectivity index (χ0v) is 13.1. The molecule has 1 aromatic carbocycles. The molecule has 0 saturated carbocycles. The molecule has 0 saturated heterocycles. The summed E-state index contributed by atoms with van der Waals surface area (Å²) in [7, 11) is -3.55. The summed E-state index contributed by atoms with van der Waals surface area (Å²) in [5.41, 5.74) is 8.63. The SMILES string of the molecule is Cc1ncsc1CNS(=O)(=O)c1ccc(C(N)=S)cc1. The van der Waals surface area contributed by atoms with Crippen molar-refractivity contribution in [1.29, 1.82) is 0 Å². The first-order valence-electron chi connectivity index (χ1n) is 5.68. The number of nitrogens with zero attached hydrogens (tertiary/aromatic N) is 1. The molecule has 0 atom stereocenters. The maximum Gasteiger partial charge on any atom is 0.240 e. The van der Waals surface area contributed by atoms with Gasteiger partial charge >= 0.3 is 0 Å². The van der Waals surface area contributed by atoms with Crippen LogP contribution in [0, 0.1) is 6.92 Å². The van der Waals surface area contributed by atoms with Crippen molar-refractivity contribution in [3.8, 4) is 0 Å². The van der Waals surface area contributed by atoms with E-state index in [0.29, 0.717) is 5.56 Å². The van der Waals surface area contributed by atoms with Gasteiger partial charge < -0.3 is 5.73 Å². The predicted octanol–water partition coefficient (Wildman–Crippen LogP) is 1.56. The summed E-state index contributed by atoms with van der Waals surface area (Å²) < 4.78 is 26.8. The molecule has 106 valence electrons. The fourth-order valence-electron chi connectivity index (χ4n) is 1.54. The quantitative estimate of drug-likeness (QED) is 0.814. The van der Waals surface area contributed by atoms with E-state index in [1.807, 2.05) is 6.92 Å². The smallest absolute Gasteiger partial charge is 0.240 e. The van der Waals surface area contributed by atoms with Crippen molar-refractivity contribution in [2.75, 3.05) is 0 Å². The summed E-state index contributed by atoms with van der Waals surface area (Å²) in [5, 5.41) is 0. The van der Waals surface area contributed by atoms with Crippen LogP contribution in [0.5, 0.6) is 0 Å². The normalized spacial score (nSPS) is 11.4. The molecule has 5 nitrogen and oxygen atoms in total. The van der Waals surface area contributed by atoms with Gasteiger partial charge in [0.05, 0.1) is 16.1 Å². The molecule has 0 unspecified atom stereocenters. The van der Waals surface area contributed by atoms with Crippen LogP contribution in [0.15, 0.2) is 34.7 Å². The number of nitrogens with one attached hydrogen (secondary N) is 1. The molecule has 2 rings (SSSR count). The second-order valence-electron chi connectivity index (χ2n) is 4.07. The van der Waals surface area contributed by atoms with Gasteiger partial charge in [0.2, 0.25) is 10.0 Å². The summed E-state index contributed by atoms with van der Waals surface area (Å²) in [4.78, 5) is 5.39. The molecule has 1 aromatic heterocycles. The van der Waals surface area contributed by atoms with Gasteiger partial charge in [0, 0.05) is 17.0 Å². The van der Waals surface area contributed by atoms with E-state index in [4.69, 9.17) is 18.0 Å². The lowest BCUT2D eigenvalue weighted by molar-refractivity contribution is 0.581. The van der Waals surface area contributed by atoms with Gasteiger partial charge in [0.1, 0.15) is 4.99 Å². The second-order valence-corrected chi connectivity index (χ2v) is 7.22. The molecule has 20 heavy (non-hydrogen) atoms. The van der Waals surface area contributed by atoms with E-state index in [1.54, 1.807) is 17.6 Å². The number of aryl methyl sites for hydroxylation is 1. The lowest BCUT2D eigenvalue weighted by Crippen LogP contribution is -2.23. The Hall–Kier alpha value is -1.35. The van der Waals surface area contributed by atoms with Gasteiger partial charge in [-0.2, -0.15) is 0 Å². The monoisotopic (exact) mass is 327 g/mol. The highest BCUT2D eigenvalue weighted by Crippen LogP contribution is 2.15. The maximum atomic E-state index is 12.1. The average molecular weight is 327 g/mol. The molecule has 0 aliphatic heterocycles. The van der Waals surface area contributed by atoms with Crippen molar-refractivity contribution in [1.82, 2.24) is 9.71 Å². The molecule has 0 bridgehead atoms. The van der Waals surface area contributed by atoms with E-state index in [0.717, 1.165) is 10.6 Å². The van der Waals surface area contributed by atoms with Crippen molar-refractivity contribution >= 4 is 38.6 Å². The van der Waals surface area contributed by atoms with E-state index in [9.17, 15) is 8.42 Å². The maximum absolute atomic E-state index is 12.1. The largest absolute Gasteiger partial charge is 0.389 e. The van der Waals surface area contributed by atoms with Gasteiger partial charge in [-0.1, -0.05) is 24.4 Å². The minimum atomic E-state index is -3.55. The van der Waals surface area contributed by atoms with Crippen LogP contribution in [-0.4, -0.2) is 18.4 Å². The zero-order chi connectivity index (χ0) is 14.8. The van der Waals surface area contributed by atoms with Crippen molar-refractivity contribution < 1.29 is 8.42 Å². The van der Waals surface area contributed by atoms with E-state index in [1.165, 1.54) is 23.5 Å². The van der Waals surface area contributed by atoms with Crippen LogP contribution in [-0.2, 0) is 16.6 Å². The molecule has 0 spiro atoms.